The normalized spacial score (nSPS) is 14.4. The third-order valence-electron chi connectivity index (χ3n) is 2.59. The fourth-order valence-electron chi connectivity index (χ4n) is 0.898. The summed E-state index contributed by atoms with van der Waals surface area (Å²) in [5, 5.41) is 2.65. The smallest absolute Gasteiger partial charge is 0.237 e. The van der Waals surface area contributed by atoms with Crippen molar-refractivity contribution in [3.05, 3.63) is 0 Å². The van der Waals surface area contributed by atoms with Crippen LogP contribution in [0.5, 0.6) is 0 Å². The zero-order valence-corrected chi connectivity index (χ0v) is 10.8. The van der Waals surface area contributed by atoms with E-state index >= 15 is 0 Å². The number of nitrogens with two attached hydrogens (primary N) is 2. The van der Waals surface area contributed by atoms with Gasteiger partial charge in [0.05, 0.1) is 11.5 Å². The molecule has 0 unspecified atom stereocenters. The molecular formula is C11H23N3O2. The van der Waals surface area contributed by atoms with Crippen molar-refractivity contribution in [1.29, 1.82) is 0 Å². The van der Waals surface area contributed by atoms with Crippen molar-refractivity contribution < 1.29 is 9.59 Å². The van der Waals surface area contributed by atoms with E-state index in [1.54, 1.807) is 13.8 Å². The summed E-state index contributed by atoms with van der Waals surface area (Å²) in [4.78, 5) is 22.7. The second kappa shape index (κ2) is 4.82. The molecule has 0 spiro atoms. The van der Waals surface area contributed by atoms with Gasteiger partial charge in [-0.1, -0.05) is 20.8 Å². The van der Waals surface area contributed by atoms with Crippen LogP contribution in [0.15, 0.2) is 0 Å². The summed E-state index contributed by atoms with van der Waals surface area (Å²) in [5.41, 5.74) is 9.91. The van der Waals surface area contributed by atoms with Gasteiger partial charge in [0.2, 0.25) is 11.8 Å². The summed E-state index contributed by atoms with van der Waals surface area (Å²) in [6, 6.07) is -0.601. The number of nitrogens with one attached hydrogen (secondary N) is 1. The van der Waals surface area contributed by atoms with E-state index in [2.05, 4.69) is 5.32 Å². The van der Waals surface area contributed by atoms with Crippen molar-refractivity contribution in [2.75, 3.05) is 6.54 Å². The number of amides is 2. The number of hydrogen-bond donors (Lipinski definition) is 3. The molecule has 0 aliphatic rings. The zero-order chi connectivity index (χ0) is 13.1. The quantitative estimate of drug-likeness (QED) is 0.632. The Morgan fingerprint density at radius 2 is 1.62 bits per heavy atom. The standard InChI is InChI=1S/C11H23N3O2/c1-10(2,3)7(12)8(15)14-6-11(4,5)9(13)16/h7H,6,12H2,1-5H3,(H2,13,16)(H,14,15)/t7-/m1/s1. The third kappa shape index (κ3) is 4.18. The lowest BCUT2D eigenvalue weighted by Gasteiger charge is -2.28. The summed E-state index contributed by atoms with van der Waals surface area (Å²) in [5.74, 6) is -0.709. The van der Waals surface area contributed by atoms with E-state index in [9.17, 15) is 9.59 Å². The largest absolute Gasteiger partial charge is 0.369 e. The van der Waals surface area contributed by atoms with Crippen LogP contribution in [-0.2, 0) is 9.59 Å². The Balaban J connectivity index is 4.34. The lowest BCUT2D eigenvalue weighted by Crippen LogP contribution is -2.51. The van der Waals surface area contributed by atoms with Crippen LogP contribution in [0, 0.1) is 10.8 Å². The van der Waals surface area contributed by atoms with Crippen molar-refractivity contribution in [2.45, 2.75) is 40.7 Å². The van der Waals surface area contributed by atoms with Gasteiger partial charge in [0.1, 0.15) is 0 Å². The molecule has 0 bridgehead atoms. The molecule has 94 valence electrons. The monoisotopic (exact) mass is 229 g/mol. The van der Waals surface area contributed by atoms with Crippen molar-refractivity contribution in [3.8, 4) is 0 Å². The summed E-state index contributed by atoms with van der Waals surface area (Å²) >= 11 is 0. The summed E-state index contributed by atoms with van der Waals surface area (Å²) in [6.07, 6.45) is 0. The number of primary amides is 1. The molecule has 0 aromatic carbocycles. The van der Waals surface area contributed by atoms with Crippen LogP contribution in [-0.4, -0.2) is 24.4 Å². The second-order valence-corrected chi connectivity index (χ2v) is 5.81. The van der Waals surface area contributed by atoms with Gasteiger partial charge in [0.25, 0.3) is 0 Å². The lowest BCUT2D eigenvalue weighted by molar-refractivity contribution is -0.128. The third-order valence-corrected chi connectivity index (χ3v) is 2.59. The van der Waals surface area contributed by atoms with Gasteiger partial charge in [-0.3, -0.25) is 9.59 Å². The number of carbonyl (C=O) groups excluding carboxylic acids is 2. The molecule has 5 nitrogen and oxygen atoms in total. The van der Waals surface area contributed by atoms with Crippen LogP contribution < -0.4 is 16.8 Å². The predicted molar refractivity (Wildman–Crippen MR) is 63.4 cm³/mol. The van der Waals surface area contributed by atoms with Crippen LogP contribution in [0.4, 0.5) is 0 Å². The summed E-state index contributed by atoms with van der Waals surface area (Å²) in [6.45, 7) is 9.21. The minimum atomic E-state index is -0.757. The molecule has 0 aromatic rings. The Morgan fingerprint density at radius 1 is 1.19 bits per heavy atom. The first-order chi connectivity index (χ1) is 6.98. The van der Waals surface area contributed by atoms with E-state index < -0.39 is 17.4 Å². The Hall–Kier alpha value is -1.10. The first-order valence-corrected chi connectivity index (χ1v) is 5.31. The molecule has 0 heterocycles. The molecule has 5 N–H and O–H groups in total. The van der Waals surface area contributed by atoms with Crippen LogP contribution >= 0.6 is 0 Å². The highest BCUT2D eigenvalue weighted by molar-refractivity contribution is 5.84. The topological polar surface area (TPSA) is 98.2 Å². The number of rotatable bonds is 4. The van der Waals surface area contributed by atoms with Gasteiger partial charge in [0.15, 0.2) is 0 Å². The van der Waals surface area contributed by atoms with Crippen LogP contribution in [0.1, 0.15) is 34.6 Å². The average Bonchev–Trinajstić information content (AvgIpc) is 2.11. The molecule has 0 fully saturated rings. The Bertz CT molecular complexity index is 279. The molecule has 0 rings (SSSR count). The first kappa shape index (κ1) is 14.9. The molecule has 0 saturated heterocycles. The van der Waals surface area contributed by atoms with Gasteiger partial charge < -0.3 is 16.8 Å². The highest BCUT2D eigenvalue weighted by Gasteiger charge is 2.30. The highest BCUT2D eigenvalue weighted by Crippen LogP contribution is 2.18. The minimum Gasteiger partial charge on any atom is -0.369 e. The molecule has 0 radical (unpaired) electrons. The maximum atomic E-state index is 11.7. The van der Waals surface area contributed by atoms with Crippen molar-refractivity contribution in [1.82, 2.24) is 5.32 Å². The number of hydrogen-bond acceptors (Lipinski definition) is 3. The Labute approximate surface area is 96.9 Å². The molecule has 0 aliphatic carbocycles. The molecule has 5 heteroatoms. The van der Waals surface area contributed by atoms with Crippen LogP contribution in [0.2, 0.25) is 0 Å². The summed E-state index contributed by atoms with van der Waals surface area (Å²) in [7, 11) is 0. The van der Waals surface area contributed by atoms with Crippen molar-refractivity contribution >= 4 is 11.8 Å². The van der Waals surface area contributed by atoms with Gasteiger partial charge in [-0.05, 0) is 19.3 Å². The van der Waals surface area contributed by atoms with Crippen molar-refractivity contribution in [2.24, 2.45) is 22.3 Å². The zero-order valence-electron chi connectivity index (χ0n) is 10.8. The minimum absolute atomic E-state index is 0.199. The Kier molecular flexibility index (Phi) is 4.49. The average molecular weight is 229 g/mol. The first-order valence-electron chi connectivity index (χ1n) is 5.31. The van der Waals surface area contributed by atoms with E-state index in [0.29, 0.717) is 0 Å². The lowest BCUT2D eigenvalue weighted by atomic mass is 9.86. The van der Waals surface area contributed by atoms with Gasteiger partial charge in [-0.2, -0.15) is 0 Å². The van der Waals surface area contributed by atoms with Crippen LogP contribution in [0.3, 0.4) is 0 Å². The molecule has 1 atom stereocenters. The maximum absolute atomic E-state index is 11.7. The van der Waals surface area contributed by atoms with Gasteiger partial charge in [0, 0.05) is 6.54 Å². The van der Waals surface area contributed by atoms with Gasteiger partial charge in [-0.15, -0.1) is 0 Å². The predicted octanol–water partition coefficient (Wildman–Crippen LogP) is -0.0125. The molecule has 16 heavy (non-hydrogen) atoms. The van der Waals surface area contributed by atoms with Gasteiger partial charge >= 0.3 is 0 Å². The van der Waals surface area contributed by atoms with Crippen LogP contribution in [0.25, 0.3) is 0 Å². The fraction of sp³-hybridized carbons (Fsp3) is 0.818. The molecule has 0 saturated carbocycles. The van der Waals surface area contributed by atoms with E-state index in [-0.39, 0.29) is 17.9 Å². The SMILES string of the molecule is CC(C)(CNC(=O)[C@@H](N)C(C)(C)C)C(N)=O. The maximum Gasteiger partial charge on any atom is 0.237 e. The van der Waals surface area contributed by atoms with E-state index in [1.807, 2.05) is 20.8 Å². The Morgan fingerprint density at radius 3 is 1.94 bits per heavy atom. The molecule has 0 aliphatic heterocycles. The van der Waals surface area contributed by atoms with E-state index in [1.165, 1.54) is 0 Å². The molecule has 0 aromatic heterocycles. The summed E-state index contributed by atoms with van der Waals surface area (Å²) < 4.78 is 0. The molecular weight excluding hydrogens is 206 g/mol. The van der Waals surface area contributed by atoms with E-state index in [4.69, 9.17) is 11.5 Å². The number of carbonyl (C=O) groups is 2. The highest BCUT2D eigenvalue weighted by atomic mass is 16.2. The fourth-order valence-corrected chi connectivity index (χ4v) is 0.898. The molecule has 2 amide bonds. The second-order valence-electron chi connectivity index (χ2n) is 5.81. The van der Waals surface area contributed by atoms with E-state index in [0.717, 1.165) is 0 Å². The van der Waals surface area contributed by atoms with Gasteiger partial charge in [-0.25, -0.2) is 0 Å². The van der Waals surface area contributed by atoms with Crippen molar-refractivity contribution in [3.63, 3.8) is 0 Å².